The Morgan fingerprint density at radius 3 is 2.48 bits per heavy atom. The van der Waals surface area contributed by atoms with Crippen LogP contribution < -0.4 is 0 Å². The SMILES string of the molecule is C/C=C/C=C1\CCN(C)CC1=N.O=Cc1cccc(C(F)(F)F)c1F. The highest BCUT2D eigenvalue weighted by Gasteiger charge is 2.34. The van der Waals surface area contributed by atoms with Crippen LogP contribution in [0.3, 0.4) is 0 Å². The number of nitrogens with zero attached hydrogens (tertiary/aromatic N) is 1. The van der Waals surface area contributed by atoms with Crippen molar-refractivity contribution in [3.8, 4) is 0 Å². The fourth-order valence-corrected chi connectivity index (χ4v) is 2.17. The molecule has 1 aliphatic heterocycles. The molecule has 0 aliphatic carbocycles. The van der Waals surface area contributed by atoms with Crippen LogP contribution in [0.2, 0.25) is 0 Å². The highest BCUT2D eigenvalue weighted by atomic mass is 19.4. The molecule has 0 saturated carbocycles. The molecule has 1 N–H and O–H groups in total. The summed E-state index contributed by atoms with van der Waals surface area (Å²) in [6.45, 7) is 3.87. The molecule has 0 radical (unpaired) electrons. The number of aldehydes is 1. The molecule has 0 unspecified atom stereocenters. The number of hydrogen-bond acceptors (Lipinski definition) is 3. The molecule has 1 aromatic rings. The predicted molar refractivity (Wildman–Crippen MR) is 89.5 cm³/mol. The Morgan fingerprint density at radius 2 is 1.96 bits per heavy atom. The third kappa shape index (κ3) is 6.26. The zero-order valence-corrected chi connectivity index (χ0v) is 14.0. The summed E-state index contributed by atoms with van der Waals surface area (Å²) in [5.41, 5.74) is -0.0556. The normalized spacial score (nSPS) is 17.5. The zero-order valence-electron chi connectivity index (χ0n) is 14.0. The maximum Gasteiger partial charge on any atom is 0.419 e. The van der Waals surface area contributed by atoms with E-state index < -0.39 is 23.1 Å². The fourth-order valence-electron chi connectivity index (χ4n) is 2.17. The van der Waals surface area contributed by atoms with Gasteiger partial charge in [0.2, 0.25) is 0 Å². The van der Waals surface area contributed by atoms with E-state index in [-0.39, 0.29) is 6.29 Å². The topological polar surface area (TPSA) is 44.2 Å². The number of rotatable bonds is 2. The summed E-state index contributed by atoms with van der Waals surface area (Å²) < 4.78 is 48.8. The lowest BCUT2D eigenvalue weighted by molar-refractivity contribution is -0.140. The summed E-state index contributed by atoms with van der Waals surface area (Å²) in [5, 5.41) is 7.71. The first-order valence-corrected chi connectivity index (χ1v) is 7.59. The number of alkyl halides is 3. The standard InChI is InChI=1S/C10H16N2.C8H4F4O/c1-3-4-5-9-6-7-12(2)8-10(9)11;9-7-5(4-13)2-1-3-6(7)8(10,11)12/h3-5,11H,6-8H2,1-2H3;1-4H/b4-3+,9-5+,11-10?;. The van der Waals surface area contributed by atoms with E-state index in [0.29, 0.717) is 6.07 Å². The van der Waals surface area contributed by atoms with E-state index in [2.05, 4.69) is 18.0 Å². The van der Waals surface area contributed by atoms with Crippen LogP contribution in [0.15, 0.2) is 42.0 Å². The first-order valence-electron chi connectivity index (χ1n) is 7.59. The Labute approximate surface area is 144 Å². The van der Waals surface area contributed by atoms with E-state index in [1.165, 1.54) is 5.57 Å². The summed E-state index contributed by atoms with van der Waals surface area (Å²) in [6, 6.07) is 2.55. The van der Waals surface area contributed by atoms with Crippen molar-refractivity contribution in [2.24, 2.45) is 0 Å². The molecular formula is C18H20F4N2O. The Balaban J connectivity index is 0.000000251. The van der Waals surface area contributed by atoms with Gasteiger partial charge >= 0.3 is 6.18 Å². The minimum absolute atomic E-state index is 0.0462. The largest absolute Gasteiger partial charge is 0.419 e. The van der Waals surface area contributed by atoms with Crippen LogP contribution in [-0.2, 0) is 6.18 Å². The summed E-state index contributed by atoms with van der Waals surface area (Å²) in [6.07, 6.45) is 2.36. The molecular weight excluding hydrogens is 336 g/mol. The van der Waals surface area contributed by atoms with Crippen molar-refractivity contribution >= 4 is 12.0 Å². The van der Waals surface area contributed by atoms with Gasteiger partial charge in [-0.1, -0.05) is 24.3 Å². The van der Waals surface area contributed by atoms with Gasteiger partial charge in [-0.25, -0.2) is 4.39 Å². The molecule has 1 aromatic carbocycles. The van der Waals surface area contributed by atoms with Gasteiger partial charge in [-0.15, -0.1) is 0 Å². The van der Waals surface area contributed by atoms with E-state index in [1.54, 1.807) is 0 Å². The van der Waals surface area contributed by atoms with Crippen LogP contribution in [0, 0.1) is 11.2 Å². The quantitative estimate of drug-likeness (QED) is 0.626. The predicted octanol–water partition coefficient (Wildman–Crippen LogP) is 4.50. The molecule has 1 fully saturated rings. The lowest BCUT2D eigenvalue weighted by atomic mass is 10.0. The lowest BCUT2D eigenvalue weighted by Gasteiger charge is -2.24. The van der Waals surface area contributed by atoms with Crippen molar-refractivity contribution in [1.29, 1.82) is 5.41 Å². The van der Waals surface area contributed by atoms with Gasteiger partial charge in [-0.3, -0.25) is 4.79 Å². The monoisotopic (exact) mass is 356 g/mol. The van der Waals surface area contributed by atoms with Crippen LogP contribution in [0.5, 0.6) is 0 Å². The van der Waals surface area contributed by atoms with Crippen molar-refractivity contribution in [2.45, 2.75) is 19.5 Å². The average molecular weight is 356 g/mol. The van der Waals surface area contributed by atoms with Crippen LogP contribution in [0.4, 0.5) is 17.6 Å². The van der Waals surface area contributed by atoms with E-state index in [4.69, 9.17) is 5.41 Å². The second-order valence-corrected chi connectivity index (χ2v) is 5.51. The molecule has 1 aliphatic rings. The van der Waals surface area contributed by atoms with Gasteiger partial charge in [-0.05, 0) is 38.1 Å². The molecule has 1 saturated heterocycles. The second-order valence-electron chi connectivity index (χ2n) is 5.51. The van der Waals surface area contributed by atoms with Crippen LogP contribution in [-0.4, -0.2) is 37.0 Å². The number of piperidine rings is 1. The second kappa shape index (κ2) is 9.27. The van der Waals surface area contributed by atoms with Gasteiger partial charge in [0.25, 0.3) is 0 Å². The number of carbonyl (C=O) groups is 1. The van der Waals surface area contributed by atoms with Crippen molar-refractivity contribution in [2.75, 3.05) is 20.1 Å². The Bertz CT molecular complexity index is 678. The molecule has 0 spiro atoms. The Kier molecular flexibility index (Phi) is 7.70. The van der Waals surface area contributed by atoms with Gasteiger partial charge in [0, 0.05) is 18.8 Å². The first-order chi connectivity index (χ1) is 11.7. The Hall–Kier alpha value is -2.28. The average Bonchev–Trinajstić information content (AvgIpc) is 2.54. The third-order valence-electron chi connectivity index (χ3n) is 3.53. The van der Waals surface area contributed by atoms with Crippen molar-refractivity contribution in [3.63, 3.8) is 0 Å². The number of allylic oxidation sites excluding steroid dienone is 3. The van der Waals surface area contributed by atoms with Gasteiger partial charge in [0.05, 0.1) is 11.1 Å². The summed E-state index contributed by atoms with van der Waals surface area (Å²) in [4.78, 5) is 12.3. The third-order valence-corrected chi connectivity index (χ3v) is 3.53. The highest BCUT2D eigenvalue weighted by molar-refractivity contribution is 6.00. The minimum Gasteiger partial charge on any atom is -0.304 e. The summed E-state index contributed by atoms with van der Waals surface area (Å²) in [7, 11) is 2.06. The number of likely N-dealkylation sites (tertiary alicyclic amines) is 1. The van der Waals surface area contributed by atoms with E-state index in [9.17, 15) is 22.4 Å². The van der Waals surface area contributed by atoms with Crippen LogP contribution in [0.1, 0.15) is 29.3 Å². The molecule has 7 heteroatoms. The zero-order chi connectivity index (χ0) is 19.0. The first kappa shape index (κ1) is 20.8. The van der Waals surface area contributed by atoms with Gasteiger partial charge < -0.3 is 10.3 Å². The number of nitrogens with one attached hydrogen (secondary N) is 1. The van der Waals surface area contributed by atoms with Gasteiger partial charge in [0.15, 0.2) is 6.29 Å². The van der Waals surface area contributed by atoms with E-state index >= 15 is 0 Å². The highest BCUT2D eigenvalue weighted by Crippen LogP contribution is 2.31. The Morgan fingerprint density at radius 1 is 1.28 bits per heavy atom. The van der Waals surface area contributed by atoms with E-state index in [1.807, 2.05) is 19.1 Å². The number of halogens is 4. The van der Waals surface area contributed by atoms with Gasteiger partial charge in [0.1, 0.15) is 5.82 Å². The number of carbonyl (C=O) groups excluding carboxylic acids is 1. The molecule has 0 amide bonds. The smallest absolute Gasteiger partial charge is 0.304 e. The lowest BCUT2D eigenvalue weighted by Crippen LogP contribution is -2.33. The molecule has 25 heavy (non-hydrogen) atoms. The number of hydrogen-bond donors (Lipinski definition) is 1. The van der Waals surface area contributed by atoms with Crippen LogP contribution >= 0.6 is 0 Å². The summed E-state index contributed by atoms with van der Waals surface area (Å²) >= 11 is 0. The molecule has 0 bridgehead atoms. The van der Waals surface area contributed by atoms with Crippen molar-refractivity contribution in [1.82, 2.24) is 4.90 Å². The maximum absolute atomic E-state index is 12.8. The molecule has 3 nitrogen and oxygen atoms in total. The van der Waals surface area contributed by atoms with Gasteiger partial charge in [-0.2, -0.15) is 13.2 Å². The maximum atomic E-state index is 12.8. The molecule has 1 heterocycles. The number of benzene rings is 1. The molecule has 136 valence electrons. The molecule has 0 atom stereocenters. The van der Waals surface area contributed by atoms with E-state index in [0.717, 1.165) is 37.4 Å². The summed E-state index contributed by atoms with van der Waals surface area (Å²) in [5.74, 6) is -1.52. The fraction of sp³-hybridized carbons (Fsp3) is 0.333. The van der Waals surface area contributed by atoms with Crippen LogP contribution in [0.25, 0.3) is 0 Å². The minimum atomic E-state index is -4.76. The van der Waals surface area contributed by atoms with Crippen molar-refractivity contribution < 1.29 is 22.4 Å². The van der Waals surface area contributed by atoms with Crippen molar-refractivity contribution in [3.05, 3.63) is 58.9 Å². The molecule has 0 aromatic heterocycles. The molecule has 2 rings (SSSR count).